The van der Waals surface area contributed by atoms with Crippen LogP contribution in [0.3, 0.4) is 0 Å². The lowest BCUT2D eigenvalue weighted by molar-refractivity contribution is -0.123. The molecule has 0 saturated carbocycles. The minimum Gasteiger partial charge on any atom is -0.493 e. The molecule has 5 nitrogen and oxygen atoms in total. The van der Waals surface area contributed by atoms with Gasteiger partial charge in [-0.1, -0.05) is 23.7 Å². The van der Waals surface area contributed by atoms with E-state index in [1.54, 1.807) is 37.4 Å². The van der Waals surface area contributed by atoms with Gasteiger partial charge < -0.3 is 19.5 Å². The van der Waals surface area contributed by atoms with Gasteiger partial charge in [0.25, 0.3) is 5.91 Å². The summed E-state index contributed by atoms with van der Waals surface area (Å²) >= 11 is 5.81. The Morgan fingerprint density at radius 1 is 1.15 bits per heavy atom. The standard InChI is InChI=1S/C20H22ClNO4/c1-3-4-15-5-10-18(19(13-15)24-2)26-14-20(23)22-11-12-25-17-8-6-16(21)7-9-17/h3,5-10,13H,1,4,11-12,14H2,2H3,(H,22,23). The SMILES string of the molecule is C=CCc1ccc(OCC(=O)NCCOc2ccc(Cl)cc2)c(OC)c1. The van der Waals surface area contributed by atoms with Crippen molar-refractivity contribution in [1.82, 2.24) is 5.32 Å². The summed E-state index contributed by atoms with van der Waals surface area (Å²) in [6.45, 7) is 4.34. The van der Waals surface area contributed by atoms with E-state index in [1.807, 2.05) is 18.2 Å². The summed E-state index contributed by atoms with van der Waals surface area (Å²) in [4.78, 5) is 11.9. The minimum absolute atomic E-state index is 0.0991. The summed E-state index contributed by atoms with van der Waals surface area (Å²) in [6, 6.07) is 12.6. The molecule has 1 N–H and O–H groups in total. The first-order valence-corrected chi connectivity index (χ1v) is 8.56. The topological polar surface area (TPSA) is 56.8 Å². The molecule has 0 heterocycles. The molecule has 26 heavy (non-hydrogen) atoms. The second kappa shape index (κ2) is 10.4. The van der Waals surface area contributed by atoms with Crippen molar-refractivity contribution < 1.29 is 19.0 Å². The van der Waals surface area contributed by atoms with Crippen molar-refractivity contribution in [3.63, 3.8) is 0 Å². The average molecular weight is 376 g/mol. The monoisotopic (exact) mass is 375 g/mol. The van der Waals surface area contributed by atoms with Gasteiger partial charge in [-0.15, -0.1) is 6.58 Å². The lowest BCUT2D eigenvalue weighted by Crippen LogP contribution is -2.32. The van der Waals surface area contributed by atoms with Gasteiger partial charge in [-0.05, 0) is 48.4 Å². The van der Waals surface area contributed by atoms with Crippen LogP contribution in [0.2, 0.25) is 5.02 Å². The van der Waals surface area contributed by atoms with Gasteiger partial charge in [-0.3, -0.25) is 4.79 Å². The largest absolute Gasteiger partial charge is 0.493 e. The number of allylic oxidation sites excluding steroid dienone is 1. The molecule has 2 aromatic carbocycles. The van der Waals surface area contributed by atoms with Crippen molar-refractivity contribution in [2.45, 2.75) is 6.42 Å². The highest BCUT2D eigenvalue weighted by Crippen LogP contribution is 2.28. The summed E-state index contributed by atoms with van der Waals surface area (Å²) in [5.74, 6) is 1.57. The van der Waals surface area contributed by atoms with Gasteiger partial charge in [0, 0.05) is 5.02 Å². The van der Waals surface area contributed by atoms with Crippen molar-refractivity contribution in [3.8, 4) is 17.2 Å². The third kappa shape index (κ3) is 6.33. The number of halogens is 1. The van der Waals surface area contributed by atoms with Crippen LogP contribution in [-0.2, 0) is 11.2 Å². The number of ether oxygens (including phenoxy) is 3. The highest BCUT2D eigenvalue weighted by Gasteiger charge is 2.08. The van der Waals surface area contributed by atoms with Crippen LogP contribution in [0.5, 0.6) is 17.2 Å². The Morgan fingerprint density at radius 3 is 2.62 bits per heavy atom. The number of rotatable bonds is 10. The van der Waals surface area contributed by atoms with Crippen molar-refractivity contribution >= 4 is 17.5 Å². The maximum atomic E-state index is 11.9. The van der Waals surface area contributed by atoms with E-state index in [9.17, 15) is 4.79 Å². The Balaban J connectivity index is 1.72. The van der Waals surface area contributed by atoms with Crippen LogP contribution in [0.4, 0.5) is 0 Å². The van der Waals surface area contributed by atoms with Crippen LogP contribution >= 0.6 is 11.6 Å². The molecule has 138 valence electrons. The molecule has 0 saturated heterocycles. The van der Waals surface area contributed by atoms with E-state index in [1.165, 1.54) is 0 Å². The van der Waals surface area contributed by atoms with Crippen LogP contribution < -0.4 is 19.5 Å². The summed E-state index contributed by atoms with van der Waals surface area (Å²) in [7, 11) is 1.56. The molecule has 0 spiro atoms. The molecule has 2 aromatic rings. The quantitative estimate of drug-likeness (QED) is 0.508. The fourth-order valence-corrected chi connectivity index (χ4v) is 2.34. The Hall–Kier alpha value is -2.66. The molecule has 0 radical (unpaired) electrons. The predicted octanol–water partition coefficient (Wildman–Crippen LogP) is 3.65. The highest BCUT2D eigenvalue weighted by atomic mass is 35.5. The van der Waals surface area contributed by atoms with E-state index in [0.717, 1.165) is 12.0 Å². The van der Waals surface area contributed by atoms with Gasteiger partial charge >= 0.3 is 0 Å². The van der Waals surface area contributed by atoms with Crippen molar-refractivity contribution in [2.75, 3.05) is 26.9 Å². The van der Waals surface area contributed by atoms with Gasteiger partial charge in [0.05, 0.1) is 13.7 Å². The van der Waals surface area contributed by atoms with Crippen molar-refractivity contribution in [2.24, 2.45) is 0 Å². The van der Waals surface area contributed by atoms with Gasteiger partial charge in [0.2, 0.25) is 0 Å². The van der Waals surface area contributed by atoms with Gasteiger partial charge in [0.1, 0.15) is 12.4 Å². The molecule has 1 amide bonds. The second-order valence-corrected chi connectivity index (χ2v) is 5.86. The molecule has 0 aromatic heterocycles. The van der Waals surface area contributed by atoms with E-state index in [-0.39, 0.29) is 12.5 Å². The number of hydrogen-bond donors (Lipinski definition) is 1. The van der Waals surface area contributed by atoms with Crippen LogP contribution in [0.1, 0.15) is 5.56 Å². The first kappa shape index (κ1) is 19.7. The number of amides is 1. The first-order chi connectivity index (χ1) is 12.6. The summed E-state index contributed by atoms with van der Waals surface area (Å²) < 4.78 is 16.3. The summed E-state index contributed by atoms with van der Waals surface area (Å²) in [5.41, 5.74) is 1.06. The summed E-state index contributed by atoms with van der Waals surface area (Å²) in [6.07, 6.45) is 2.56. The molecule has 2 rings (SSSR count). The smallest absolute Gasteiger partial charge is 0.258 e. The summed E-state index contributed by atoms with van der Waals surface area (Å²) in [5, 5.41) is 3.38. The van der Waals surface area contributed by atoms with Gasteiger partial charge in [-0.25, -0.2) is 0 Å². The number of nitrogens with one attached hydrogen (secondary N) is 1. The van der Waals surface area contributed by atoms with Crippen LogP contribution in [0, 0.1) is 0 Å². The Morgan fingerprint density at radius 2 is 1.92 bits per heavy atom. The zero-order valence-corrected chi connectivity index (χ0v) is 15.4. The van der Waals surface area contributed by atoms with E-state index < -0.39 is 0 Å². The molecule has 0 aliphatic heterocycles. The first-order valence-electron chi connectivity index (χ1n) is 8.18. The molecule has 0 aliphatic carbocycles. The Bertz CT molecular complexity index is 731. The molecular formula is C20H22ClNO4. The normalized spacial score (nSPS) is 10.1. The molecule has 0 fully saturated rings. The van der Waals surface area contributed by atoms with Gasteiger partial charge in [-0.2, -0.15) is 0 Å². The fourth-order valence-electron chi connectivity index (χ4n) is 2.21. The maximum Gasteiger partial charge on any atom is 0.258 e. The molecule has 0 unspecified atom stereocenters. The molecule has 6 heteroatoms. The maximum absolute atomic E-state index is 11.9. The third-order valence-electron chi connectivity index (χ3n) is 3.47. The minimum atomic E-state index is -0.234. The van der Waals surface area contributed by atoms with Crippen molar-refractivity contribution in [3.05, 3.63) is 65.7 Å². The molecule has 0 atom stereocenters. The lowest BCUT2D eigenvalue weighted by atomic mass is 10.1. The lowest BCUT2D eigenvalue weighted by Gasteiger charge is -2.12. The van der Waals surface area contributed by atoms with Crippen LogP contribution in [-0.4, -0.2) is 32.8 Å². The molecular weight excluding hydrogens is 354 g/mol. The number of benzene rings is 2. The number of carbonyl (C=O) groups excluding carboxylic acids is 1. The van der Waals surface area contributed by atoms with Gasteiger partial charge in [0.15, 0.2) is 18.1 Å². The average Bonchev–Trinajstić information content (AvgIpc) is 2.65. The third-order valence-corrected chi connectivity index (χ3v) is 3.73. The highest BCUT2D eigenvalue weighted by molar-refractivity contribution is 6.30. The second-order valence-electron chi connectivity index (χ2n) is 5.42. The van der Waals surface area contributed by atoms with Crippen LogP contribution in [0.25, 0.3) is 0 Å². The zero-order valence-electron chi connectivity index (χ0n) is 14.7. The van der Waals surface area contributed by atoms with E-state index >= 15 is 0 Å². The van der Waals surface area contributed by atoms with Crippen LogP contribution in [0.15, 0.2) is 55.1 Å². The predicted molar refractivity (Wildman–Crippen MR) is 102 cm³/mol. The Labute approximate surface area is 158 Å². The van der Waals surface area contributed by atoms with E-state index in [2.05, 4.69) is 11.9 Å². The fraction of sp³-hybridized carbons (Fsp3) is 0.250. The number of hydrogen-bond acceptors (Lipinski definition) is 4. The zero-order chi connectivity index (χ0) is 18.8. The number of carbonyl (C=O) groups is 1. The van der Waals surface area contributed by atoms with E-state index in [0.29, 0.717) is 35.4 Å². The molecule has 0 bridgehead atoms. The van der Waals surface area contributed by atoms with Crippen molar-refractivity contribution in [1.29, 1.82) is 0 Å². The molecule has 0 aliphatic rings. The Kier molecular flexibility index (Phi) is 7.83. The van der Waals surface area contributed by atoms with E-state index in [4.69, 9.17) is 25.8 Å². The number of methoxy groups -OCH3 is 1.